The van der Waals surface area contributed by atoms with E-state index >= 15 is 0 Å². The van der Waals surface area contributed by atoms with Crippen LogP contribution in [0.2, 0.25) is 0 Å². The minimum absolute atomic E-state index is 0.0665. The molecule has 6 heteroatoms. The van der Waals surface area contributed by atoms with Crippen LogP contribution in [-0.2, 0) is 4.74 Å². The number of aliphatic hydroxyl groups is 1. The number of hydrogen-bond acceptors (Lipinski definition) is 6. The number of nitrogens with zero attached hydrogens (tertiary/aromatic N) is 1. The summed E-state index contributed by atoms with van der Waals surface area (Å²) in [5, 5.41) is 9.12. The summed E-state index contributed by atoms with van der Waals surface area (Å²) in [6, 6.07) is 13.9. The molecule has 0 saturated carbocycles. The summed E-state index contributed by atoms with van der Waals surface area (Å²) in [6.45, 7) is 8.20. The number of rotatable bonds is 8. The van der Waals surface area contributed by atoms with Gasteiger partial charge in [-0.05, 0) is 62.4 Å². The van der Waals surface area contributed by atoms with E-state index in [0.29, 0.717) is 35.8 Å². The molecule has 1 aliphatic heterocycles. The summed E-state index contributed by atoms with van der Waals surface area (Å²) in [6.07, 6.45) is 0. The molecule has 1 saturated heterocycles. The lowest BCUT2D eigenvalue weighted by Crippen LogP contribution is -2.54. The maximum absolute atomic E-state index is 13.0. The molecule has 1 atom stereocenters. The summed E-state index contributed by atoms with van der Waals surface area (Å²) in [7, 11) is 0. The lowest BCUT2D eigenvalue weighted by atomic mass is 9.91. The Kier molecular flexibility index (Phi) is 7.02. The zero-order valence-electron chi connectivity index (χ0n) is 17.8. The Morgan fingerprint density at radius 2 is 1.50 bits per heavy atom. The Labute approximate surface area is 177 Å². The zero-order chi connectivity index (χ0) is 21.7. The minimum atomic E-state index is -0.597. The second-order valence-electron chi connectivity index (χ2n) is 8.09. The smallest absolute Gasteiger partial charge is 0.182 e. The van der Waals surface area contributed by atoms with E-state index in [2.05, 4.69) is 4.90 Å². The van der Waals surface area contributed by atoms with Crippen molar-refractivity contribution in [2.75, 3.05) is 32.9 Å². The Morgan fingerprint density at radius 1 is 1.00 bits per heavy atom. The summed E-state index contributed by atoms with van der Waals surface area (Å²) >= 11 is 0. The van der Waals surface area contributed by atoms with E-state index < -0.39 is 11.5 Å². The van der Waals surface area contributed by atoms with E-state index in [-0.39, 0.29) is 18.2 Å². The molecule has 3 rings (SSSR count). The Balaban J connectivity index is 1.65. The molecule has 1 aliphatic rings. The second-order valence-corrected chi connectivity index (χ2v) is 8.09. The van der Waals surface area contributed by atoms with Gasteiger partial charge in [-0.3, -0.25) is 14.5 Å². The van der Waals surface area contributed by atoms with Crippen LogP contribution in [-0.4, -0.2) is 60.0 Å². The van der Waals surface area contributed by atoms with Gasteiger partial charge in [0.05, 0.1) is 25.4 Å². The van der Waals surface area contributed by atoms with Crippen LogP contribution >= 0.6 is 0 Å². The van der Waals surface area contributed by atoms with Gasteiger partial charge in [0.25, 0.3) is 0 Å². The molecule has 0 bridgehead atoms. The predicted molar refractivity (Wildman–Crippen MR) is 114 cm³/mol. The van der Waals surface area contributed by atoms with Crippen LogP contribution in [0.1, 0.15) is 41.5 Å². The number of ketones is 2. The number of morpholine rings is 1. The fourth-order valence-corrected chi connectivity index (χ4v) is 3.48. The van der Waals surface area contributed by atoms with Crippen LogP contribution in [0.5, 0.6) is 11.5 Å². The molecular formula is C24H29NO5. The van der Waals surface area contributed by atoms with Crippen LogP contribution in [0.15, 0.2) is 48.5 Å². The van der Waals surface area contributed by atoms with Crippen molar-refractivity contribution in [1.82, 2.24) is 4.90 Å². The summed E-state index contributed by atoms with van der Waals surface area (Å²) in [5.41, 5.74) is 0.577. The lowest BCUT2D eigenvalue weighted by Gasteiger charge is -2.39. The van der Waals surface area contributed by atoms with Gasteiger partial charge in [0, 0.05) is 30.1 Å². The Hall–Kier alpha value is -2.54. The van der Waals surface area contributed by atoms with Crippen LogP contribution in [0, 0.1) is 5.92 Å². The van der Waals surface area contributed by atoms with E-state index in [1.54, 1.807) is 55.5 Å². The van der Waals surface area contributed by atoms with Gasteiger partial charge in [0.15, 0.2) is 11.6 Å². The molecule has 2 aromatic rings. The van der Waals surface area contributed by atoms with E-state index in [4.69, 9.17) is 14.6 Å². The van der Waals surface area contributed by atoms with Gasteiger partial charge >= 0.3 is 0 Å². The number of Topliss-reactive ketones (excluding diaryl/α,β-unsaturated/α-hetero) is 2. The molecule has 1 unspecified atom stereocenters. The van der Waals surface area contributed by atoms with Crippen molar-refractivity contribution >= 4 is 11.6 Å². The molecule has 0 aromatic heterocycles. The summed E-state index contributed by atoms with van der Waals surface area (Å²) < 4.78 is 11.2. The molecule has 1 fully saturated rings. The molecular weight excluding hydrogens is 382 g/mol. The van der Waals surface area contributed by atoms with Crippen LogP contribution in [0.4, 0.5) is 0 Å². The molecule has 2 aromatic carbocycles. The molecule has 0 spiro atoms. The van der Waals surface area contributed by atoms with Crippen molar-refractivity contribution in [3.63, 3.8) is 0 Å². The molecule has 0 amide bonds. The molecule has 0 radical (unpaired) electrons. The fourth-order valence-electron chi connectivity index (χ4n) is 3.48. The monoisotopic (exact) mass is 411 g/mol. The molecule has 6 nitrogen and oxygen atoms in total. The van der Waals surface area contributed by atoms with Crippen LogP contribution < -0.4 is 4.74 Å². The van der Waals surface area contributed by atoms with Gasteiger partial charge in [-0.2, -0.15) is 0 Å². The van der Waals surface area contributed by atoms with Gasteiger partial charge < -0.3 is 14.6 Å². The molecule has 0 aliphatic carbocycles. The van der Waals surface area contributed by atoms with Crippen LogP contribution in [0.3, 0.4) is 0 Å². The lowest BCUT2D eigenvalue weighted by molar-refractivity contribution is -0.00430. The number of carbonyl (C=O) groups excluding carboxylic acids is 2. The first-order valence-electron chi connectivity index (χ1n) is 10.2. The number of aliphatic hydroxyl groups excluding tert-OH is 1. The number of ether oxygens (including phenoxy) is 2. The number of carbonyl (C=O) groups is 2. The van der Waals surface area contributed by atoms with E-state index in [9.17, 15) is 9.59 Å². The topological polar surface area (TPSA) is 76.1 Å². The fraction of sp³-hybridized carbons (Fsp3) is 0.417. The van der Waals surface area contributed by atoms with Crippen molar-refractivity contribution in [3.05, 3.63) is 59.7 Å². The first-order chi connectivity index (χ1) is 14.3. The third-order valence-corrected chi connectivity index (χ3v) is 5.57. The van der Waals surface area contributed by atoms with E-state index in [1.807, 2.05) is 13.8 Å². The number of benzene rings is 2. The van der Waals surface area contributed by atoms with Crippen molar-refractivity contribution < 1.29 is 24.2 Å². The predicted octanol–water partition coefficient (Wildman–Crippen LogP) is 3.58. The van der Waals surface area contributed by atoms with Crippen LogP contribution in [0.25, 0.3) is 0 Å². The maximum Gasteiger partial charge on any atom is 0.182 e. The highest BCUT2D eigenvalue weighted by Gasteiger charge is 2.35. The average Bonchev–Trinajstić information content (AvgIpc) is 2.79. The average molecular weight is 411 g/mol. The van der Waals surface area contributed by atoms with E-state index in [0.717, 1.165) is 13.1 Å². The summed E-state index contributed by atoms with van der Waals surface area (Å²) in [5.74, 6) is 0.740. The Bertz CT molecular complexity index is 867. The van der Waals surface area contributed by atoms with Crippen molar-refractivity contribution in [2.45, 2.75) is 26.3 Å². The molecule has 160 valence electrons. The van der Waals surface area contributed by atoms with Crippen molar-refractivity contribution in [2.24, 2.45) is 5.92 Å². The van der Waals surface area contributed by atoms with E-state index in [1.165, 1.54) is 0 Å². The largest absolute Gasteiger partial charge is 0.457 e. The SMILES string of the molecule is CC(CO)C(=O)c1ccc(Oc2ccc(C(=O)C(C)(C)N3CCOCC3)cc2)cc1. The molecule has 30 heavy (non-hydrogen) atoms. The highest BCUT2D eigenvalue weighted by Crippen LogP contribution is 2.26. The molecule has 1 heterocycles. The van der Waals surface area contributed by atoms with Gasteiger partial charge in [-0.25, -0.2) is 0 Å². The first-order valence-corrected chi connectivity index (χ1v) is 10.2. The van der Waals surface area contributed by atoms with Crippen molar-refractivity contribution in [1.29, 1.82) is 0 Å². The highest BCUT2D eigenvalue weighted by atomic mass is 16.5. The quantitative estimate of drug-likeness (QED) is 0.669. The third kappa shape index (κ3) is 4.95. The van der Waals surface area contributed by atoms with Gasteiger partial charge in [0.1, 0.15) is 11.5 Å². The zero-order valence-corrected chi connectivity index (χ0v) is 17.8. The first kappa shape index (κ1) is 22.2. The maximum atomic E-state index is 13.0. The Morgan fingerprint density at radius 3 is 2.00 bits per heavy atom. The standard InChI is InChI=1S/C24H29NO5/c1-17(16-26)22(27)18-4-8-20(9-5-18)30-21-10-6-19(7-11-21)23(28)24(2,3)25-12-14-29-15-13-25/h4-11,17,26H,12-16H2,1-3H3. The van der Waals surface area contributed by atoms with Crippen molar-refractivity contribution in [3.8, 4) is 11.5 Å². The van der Waals surface area contributed by atoms with Gasteiger partial charge in [-0.15, -0.1) is 0 Å². The third-order valence-electron chi connectivity index (χ3n) is 5.57. The minimum Gasteiger partial charge on any atom is -0.457 e. The number of hydrogen-bond donors (Lipinski definition) is 1. The normalized spacial score (nSPS) is 16.1. The molecule has 1 N–H and O–H groups in total. The summed E-state index contributed by atoms with van der Waals surface area (Å²) in [4.78, 5) is 27.3. The highest BCUT2D eigenvalue weighted by molar-refractivity contribution is 6.02. The second kappa shape index (κ2) is 9.51. The van der Waals surface area contributed by atoms with Gasteiger partial charge in [0.2, 0.25) is 0 Å². The van der Waals surface area contributed by atoms with Gasteiger partial charge in [-0.1, -0.05) is 6.92 Å².